The summed E-state index contributed by atoms with van der Waals surface area (Å²) in [6.07, 6.45) is 27.1. The minimum Gasteiger partial charge on any atom is -0.375 e. The molecule has 2 fully saturated rings. The smallest absolute Gasteiger partial charge is 0.238 e. The fraction of sp³-hybridized carbons (Fsp3) is 0.728. The summed E-state index contributed by atoms with van der Waals surface area (Å²) in [7, 11) is 3.75. The second-order valence-corrected chi connectivity index (χ2v) is 27.3. The maximum Gasteiger partial charge on any atom is 0.238 e. The molecule has 2 aromatic carbocycles. The van der Waals surface area contributed by atoms with Crippen LogP contribution in [0.2, 0.25) is 0 Å². The first-order valence-corrected chi connectivity index (χ1v) is 37.3. The fourth-order valence-corrected chi connectivity index (χ4v) is 11.9. The summed E-state index contributed by atoms with van der Waals surface area (Å²) in [5, 5.41) is 11.0. The number of ether oxygens (including phenoxy) is 1. The lowest BCUT2D eigenvalue weighted by molar-refractivity contribution is -0.130. The van der Waals surface area contributed by atoms with Crippen LogP contribution in [0, 0.1) is 35.0 Å². The predicted molar refractivity (Wildman–Crippen MR) is 399 cm³/mol. The lowest BCUT2D eigenvalue weighted by atomic mass is 9.81. The monoisotopic (exact) mass is 1280 g/mol. The van der Waals surface area contributed by atoms with Crippen LogP contribution in [0.15, 0.2) is 48.7 Å². The third-order valence-electron chi connectivity index (χ3n) is 18.5. The molecule has 0 bridgehead atoms. The maximum absolute atomic E-state index is 14.6. The molecule has 11 heteroatoms. The molecule has 1 saturated carbocycles. The molecule has 6 rings (SSSR count). The van der Waals surface area contributed by atoms with Gasteiger partial charge in [0.1, 0.15) is 19.2 Å². The Balaban J connectivity index is 0.00000205. The molecule has 1 aliphatic heterocycles. The van der Waals surface area contributed by atoms with E-state index in [1.807, 2.05) is 39.2 Å². The van der Waals surface area contributed by atoms with Gasteiger partial charge in [0.25, 0.3) is 0 Å². The summed E-state index contributed by atoms with van der Waals surface area (Å²) in [5.41, 5.74) is 10.1. The Kier molecular flexibility index (Phi) is 49.5. The number of alkyl halides is 1. The van der Waals surface area contributed by atoms with Gasteiger partial charge in [-0.15, -0.1) is 0 Å². The van der Waals surface area contributed by atoms with Crippen molar-refractivity contribution in [2.24, 2.45) is 35.0 Å². The Labute approximate surface area is 566 Å². The third-order valence-corrected chi connectivity index (χ3v) is 18.5. The van der Waals surface area contributed by atoms with Crippen molar-refractivity contribution >= 4 is 29.4 Å². The van der Waals surface area contributed by atoms with E-state index in [4.69, 9.17) is 9.72 Å². The number of aldehydes is 2. The van der Waals surface area contributed by atoms with E-state index in [-0.39, 0.29) is 23.5 Å². The van der Waals surface area contributed by atoms with Crippen LogP contribution < -0.4 is 16.0 Å². The van der Waals surface area contributed by atoms with Crippen LogP contribution in [0.25, 0.3) is 33.3 Å². The fourth-order valence-electron chi connectivity index (χ4n) is 11.9. The average molecular weight is 1280 g/mol. The van der Waals surface area contributed by atoms with Gasteiger partial charge in [-0.25, -0.2) is 4.39 Å². The Bertz CT molecular complexity index is 2510. The van der Waals surface area contributed by atoms with E-state index in [1.165, 1.54) is 86.5 Å². The number of hydrogen-bond donors (Lipinski definition) is 3. The first-order chi connectivity index (χ1) is 44.2. The van der Waals surface area contributed by atoms with Crippen molar-refractivity contribution in [3.63, 3.8) is 0 Å². The minimum atomic E-state index is -0.711. The van der Waals surface area contributed by atoms with Gasteiger partial charge in [-0.3, -0.25) is 14.7 Å². The average Bonchev–Trinajstić information content (AvgIpc) is 1.56. The number of benzene rings is 2. The zero-order valence-corrected chi connectivity index (χ0v) is 63.5. The van der Waals surface area contributed by atoms with Crippen molar-refractivity contribution in [3.05, 3.63) is 76.6 Å². The van der Waals surface area contributed by atoms with Crippen molar-refractivity contribution in [1.82, 2.24) is 30.4 Å². The second kappa shape index (κ2) is 52.0. The lowest BCUT2D eigenvalue weighted by Gasteiger charge is -2.32. The van der Waals surface area contributed by atoms with Crippen LogP contribution >= 0.6 is 0 Å². The Hall–Kier alpha value is -4.29. The first kappa shape index (κ1) is 87.7. The highest BCUT2D eigenvalue weighted by atomic mass is 19.1. The molecule has 528 valence electrons. The van der Waals surface area contributed by atoms with Gasteiger partial charge in [-0.05, 0) is 191 Å². The van der Waals surface area contributed by atoms with Gasteiger partial charge in [0.05, 0.1) is 29.6 Å². The number of aromatic nitrogens is 2. The van der Waals surface area contributed by atoms with E-state index >= 15 is 0 Å². The first-order valence-electron chi connectivity index (χ1n) is 37.3. The van der Waals surface area contributed by atoms with Crippen LogP contribution in [0.3, 0.4) is 0 Å². The molecule has 3 heterocycles. The van der Waals surface area contributed by atoms with Gasteiger partial charge in [-0.2, -0.15) is 0 Å². The summed E-state index contributed by atoms with van der Waals surface area (Å²) >= 11 is 0. The number of pyridine rings is 1. The number of rotatable bonds is 33. The molecular formula is C81H143FN6O4. The molecular weight excluding hydrogens is 1140 g/mol. The number of fused-ring (bicyclic) bond motifs is 1. The minimum absolute atomic E-state index is 0.0372. The topological polar surface area (TPSA) is 118 Å². The number of likely N-dealkylation sites (tertiary alicyclic amines) is 1. The summed E-state index contributed by atoms with van der Waals surface area (Å²) < 4.78 is 22.9. The predicted octanol–water partition coefficient (Wildman–Crippen LogP) is 20.9. The van der Waals surface area contributed by atoms with Gasteiger partial charge in [0.2, 0.25) is 5.91 Å². The molecule has 5 atom stereocenters. The van der Waals surface area contributed by atoms with Crippen molar-refractivity contribution in [1.29, 1.82) is 0 Å². The number of carbonyl (C=O) groups is 3. The highest BCUT2D eigenvalue weighted by Crippen LogP contribution is 2.43. The van der Waals surface area contributed by atoms with Crippen molar-refractivity contribution in [2.75, 3.05) is 46.9 Å². The molecule has 1 saturated heterocycles. The largest absolute Gasteiger partial charge is 0.375 e. The van der Waals surface area contributed by atoms with Gasteiger partial charge in [0, 0.05) is 49.3 Å². The normalized spacial score (nSPS) is 15.2. The van der Waals surface area contributed by atoms with Crippen molar-refractivity contribution in [3.8, 4) is 22.4 Å². The Morgan fingerprint density at radius 2 is 1.45 bits per heavy atom. The number of amides is 1. The van der Waals surface area contributed by atoms with E-state index in [9.17, 15) is 18.8 Å². The highest BCUT2D eigenvalue weighted by molar-refractivity contribution is 5.95. The van der Waals surface area contributed by atoms with Crippen molar-refractivity contribution in [2.45, 2.75) is 305 Å². The molecule has 2 aliphatic rings. The highest BCUT2D eigenvalue weighted by Gasteiger charge is 2.39. The van der Waals surface area contributed by atoms with E-state index in [1.54, 1.807) is 7.11 Å². The summed E-state index contributed by atoms with van der Waals surface area (Å²) in [6.45, 7) is 48.9. The Morgan fingerprint density at radius 3 is 1.93 bits per heavy atom. The summed E-state index contributed by atoms with van der Waals surface area (Å²) in [5.74, 6) is 3.54. The molecule has 2 aromatic heterocycles. The van der Waals surface area contributed by atoms with Crippen LogP contribution in [0.4, 0.5) is 4.39 Å². The van der Waals surface area contributed by atoms with Crippen LogP contribution in [-0.2, 0) is 51.6 Å². The molecule has 10 nitrogen and oxygen atoms in total. The summed E-state index contributed by atoms with van der Waals surface area (Å²) in [6, 6.07) is 13.8. The number of nitrogens with one attached hydrogen (secondary N) is 3. The number of hydrogen-bond acceptors (Lipinski definition) is 8. The maximum atomic E-state index is 14.6. The molecule has 0 radical (unpaired) electrons. The van der Waals surface area contributed by atoms with Crippen LogP contribution in [0.5, 0.6) is 0 Å². The van der Waals surface area contributed by atoms with E-state index < -0.39 is 12.7 Å². The van der Waals surface area contributed by atoms with E-state index in [0.717, 1.165) is 167 Å². The zero-order valence-electron chi connectivity index (χ0n) is 63.5. The molecule has 1 amide bonds. The molecule has 4 aromatic rings. The standard InChI is InChI=1S/C50H70FN5O3.C9H21N.2C6H14.C5H10O.C3H8.C2H6/c1-9-34-25-43(46(53-30-34)33(5)59-8)48-44(27-50(6,7)10-2)42-26-39(17-18-45(42)56(48)12-4)40-22-36(21-37(23-40)28-51)24-41(32-57)54-49(58)47(38-15-13-14-16-38)55-20-19-35(31-55)29-52-11-3;1-4-9(2)7-5-6-8-10-3;1-4-5-6(2)3;1-4-6(3)5-2;1-2-3-4-5-6;1-3-2;1-2/h17-18,21-23,25-26,30,32-33,35,38,41,47,52H,9-16,19-20,24,27-29,31H2,1-8H3,(H,54,58);9-10H,4-8H2,1-3H3;2*6H,4-5H2,1-3H3;5H,2-4H2,1H3;3H2,1-2H3;1-2H3. The molecule has 0 spiro atoms. The van der Waals surface area contributed by atoms with Gasteiger partial charge in [-0.1, -0.05) is 220 Å². The van der Waals surface area contributed by atoms with E-state index in [0.29, 0.717) is 23.8 Å². The number of carbonyl (C=O) groups excluding carboxylic acids is 3. The number of halogens is 1. The van der Waals surface area contributed by atoms with E-state index in [2.05, 4.69) is 180 Å². The van der Waals surface area contributed by atoms with Gasteiger partial charge < -0.3 is 34.8 Å². The lowest BCUT2D eigenvalue weighted by Crippen LogP contribution is -2.53. The molecule has 92 heavy (non-hydrogen) atoms. The second-order valence-electron chi connectivity index (χ2n) is 27.3. The number of aryl methyl sites for hydroxylation is 2. The summed E-state index contributed by atoms with van der Waals surface area (Å²) in [4.78, 5) is 43.8. The molecule has 5 unspecified atom stereocenters. The van der Waals surface area contributed by atoms with Crippen LogP contribution in [0.1, 0.15) is 288 Å². The number of methoxy groups -OCH3 is 1. The zero-order chi connectivity index (χ0) is 69.6. The SMILES string of the molecule is CC.CCC.CCC(C)CC.CCC(C)CCCCNC.CCCC(C)C.CCCCC=O.CCNCC1CCN(C(C(=O)NC(C=O)Cc2cc(CF)cc(-c3ccc4c(c3)c(CC(C)(C)CC)c(-c3cc(CC)cnc3C(C)OC)n4CC)c2)C2CCCC2)C1. The quantitative estimate of drug-likeness (QED) is 0.0319. The van der Waals surface area contributed by atoms with Crippen molar-refractivity contribution < 1.29 is 23.5 Å². The number of unbranched alkanes of at least 4 members (excludes halogenated alkanes) is 3. The third kappa shape index (κ3) is 32.4. The van der Waals surface area contributed by atoms with Gasteiger partial charge in [0.15, 0.2) is 0 Å². The van der Waals surface area contributed by atoms with Gasteiger partial charge >= 0.3 is 0 Å². The molecule has 1 aliphatic carbocycles. The molecule has 3 N–H and O–H groups in total. The number of nitrogens with zero attached hydrogens (tertiary/aromatic N) is 3. The van der Waals surface area contributed by atoms with Crippen LogP contribution in [-0.4, -0.2) is 91.9 Å². The Morgan fingerprint density at radius 1 is 0.793 bits per heavy atom.